The van der Waals surface area contributed by atoms with Crippen LogP contribution in [0.3, 0.4) is 0 Å². The Bertz CT molecular complexity index is 164. The van der Waals surface area contributed by atoms with E-state index >= 15 is 0 Å². The van der Waals surface area contributed by atoms with Gasteiger partial charge in [-0.3, -0.25) is 0 Å². The van der Waals surface area contributed by atoms with E-state index in [2.05, 4.69) is 0 Å². The van der Waals surface area contributed by atoms with Crippen LogP contribution in [0.5, 0.6) is 0 Å². The Labute approximate surface area is 49.1 Å². The van der Waals surface area contributed by atoms with E-state index in [4.69, 9.17) is 5.73 Å². The van der Waals surface area contributed by atoms with Gasteiger partial charge in [0.1, 0.15) is 0 Å². The Morgan fingerprint density at radius 2 is 2.12 bits per heavy atom. The predicted molar refractivity (Wildman–Crippen MR) is 35.2 cm³/mol. The Hall–Kier alpha value is -0.980. The molecule has 0 heterocycles. The average molecular weight is 106 g/mol. The molecule has 0 aromatic heterocycles. The maximum absolute atomic E-state index is 7.14. The minimum absolute atomic E-state index is 0.588. The molecule has 0 bridgehead atoms. The predicted octanol–water partition coefficient (Wildman–Crippen LogP) is 2.68. The minimum atomic E-state index is 0.588. The first-order valence-electron chi connectivity index (χ1n) is 2.57. The van der Waals surface area contributed by atoms with Crippen molar-refractivity contribution in [3.63, 3.8) is 0 Å². The van der Waals surface area contributed by atoms with Crippen LogP contribution in [0, 0.1) is 6.92 Å². The first-order chi connectivity index (χ1) is 3.79. The van der Waals surface area contributed by atoms with Crippen molar-refractivity contribution in [1.82, 2.24) is 0 Å². The van der Waals surface area contributed by atoms with E-state index in [9.17, 15) is 0 Å². The van der Waals surface area contributed by atoms with E-state index < -0.39 is 0 Å². The summed E-state index contributed by atoms with van der Waals surface area (Å²) in [5.41, 5.74) is 8.87. The third-order valence-electron chi connectivity index (χ3n) is 1.02. The van der Waals surface area contributed by atoms with E-state index in [1.54, 1.807) is 6.07 Å². The van der Waals surface area contributed by atoms with Gasteiger partial charge in [0.2, 0.25) is 0 Å². The lowest BCUT2D eigenvalue weighted by Crippen LogP contribution is -1.65. The molecule has 0 spiro atoms. The summed E-state index contributed by atoms with van der Waals surface area (Å²) in [7, 11) is 0. The van der Waals surface area contributed by atoms with Gasteiger partial charge < -0.3 is 5.73 Å². The van der Waals surface area contributed by atoms with Crippen LogP contribution in [0.15, 0.2) is 24.3 Å². The van der Waals surface area contributed by atoms with Crippen LogP contribution in [-0.2, 0) is 0 Å². The van der Waals surface area contributed by atoms with Crippen molar-refractivity contribution in [3.05, 3.63) is 35.6 Å². The van der Waals surface area contributed by atoms with Crippen molar-refractivity contribution in [1.29, 1.82) is 0 Å². The highest BCUT2D eigenvalue weighted by Crippen LogP contribution is 2.10. The fraction of sp³-hybridized carbons (Fsp3) is 0.143. The second-order valence-electron chi connectivity index (χ2n) is 1.87. The van der Waals surface area contributed by atoms with E-state index in [-0.39, 0.29) is 0 Å². The fourth-order valence-electron chi connectivity index (χ4n) is 0.645. The van der Waals surface area contributed by atoms with Gasteiger partial charge in [0.15, 0.2) is 0 Å². The first kappa shape index (κ1) is 5.16. The van der Waals surface area contributed by atoms with Crippen molar-refractivity contribution < 1.29 is 0 Å². The molecule has 8 heavy (non-hydrogen) atoms. The van der Waals surface area contributed by atoms with Crippen LogP contribution in [0.2, 0.25) is 0 Å². The lowest BCUT2D eigenvalue weighted by Gasteiger charge is -2.00. The minimum Gasteiger partial charge on any atom is -0.699 e. The molecule has 42 valence electrons. The molecule has 0 aliphatic rings. The monoisotopic (exact) mass is 106 g/mol. The molecule has 0 aliphatic carbocycles. The zero-order valence-corrected chi connectivity index (χ0v) is 4.81. The van der Waals surface area contributed by atoms with Gasteiger partial charge in [-0.25, -0.2) is 0 Å². The van der Waals surface area contributed by atoms with Crippen LogP contribution >= 0.6 is 0 Å². The Balaban J connectivity index is 3.08. The lowest BCUT2D eigenvalue weighted by atomic mass is 10.2. The van der Waals surface area contributed by atoms with Gasteiger partial charge in [0.05, 0.1) is 0 Å². The summed E-state index contributed by atoms with van der Waals surface area (Å²) >= 11 is 0. The largest absolute Gasteiger partial charge is 0.699 e. The van der Waals surface area contributed by atoms with Crippen molar-refractivity contribution in [3.8, 4) is 0 Å². The highest BCUT2D eigenvalue weighted by Gasteiger charge is 1.75. The van der Waals surface area contributed by atoms with E-state index in [0.717, 1.165) is 5.56 Å². The van der Waals surface area contributed by atoms with E-state index in [1.807, 2.05) is 25.1 Å². The summed E-state index contributed by atoms with van der Waals surface area (Å²) in [5.74, 6) is 0. The molecule has 1 aromatic carbocycles. The molecular weight excluding hydrogens is 98.1 g/mol. The summed E-state index contributed by atoms with van der Waals surface area (Å²) < 4.78 is 0. The normalized spacial score (nSPS) is 9.12. The van der Waals surface area contributed by atoms with Gasteiger partial charge in [0, 0.05) is 0 Å². The third kappa shape index (κ3) is 0.997. The van der Waals surface area contributed by atoms with Crippen LogP contribution < -0.4 is 0 Å². The Kier molecular flexibility index (Phi) is 1.20. The molecule has 0 fully saturated rings. The molecule has 0 unspecified atom stereocenters. The number of hydrogen-bond acceptors (Lipinski definition) is 0. The number of rotatable bonds is 0. The molecular formula is C7H8N-. The molecule has 1 N–H and O–H groups in total. The maximum Gasteiger partial charge on any atom is -0.0398 e. The number of aryl methyl sites for hydroxylation is 1. The lowest BCUT2D eigenvalue weighted by molar-refractivity contribution is 1.49. The standard InChI is InChI=1S/C7H8N/c1-6-3-2-4-7(8)5-6/h2-5,8H,1H3/q-1. The van der Waals surface area contributed by atoms with E-state index in [1.165, 1.54) is 0 Å². The third-order valence-corrected chi connectivity index (χ3v) is 1.02. The average Bonchev–Trinajstić information content (AvgIpc) is 1.64. The smallest absolute Gasteiger partial charge is 0.0398 e. The molecule has 1 rings (SSSR count). The number of benzene rings is 1. The molecule has 0 aliphatic heterocycles. The second-order valence-corrected chi connectivity index (χ2v) is 1.87. The second kappa shape index (κ2) is 1.86. The molecule has 1 heteroatoms. The molecule has 0 radical (unpaired) electrons. The first-order valence-corrected chi connectivity index (χ1v) is 2.57. The Morgan fingerprint density at radius 3 is 2.50 bits per heavy atom. The van der Waals surface area contributed by atoms with Gasteiger partial charge in [-0.1, -0.05) is 29.8 Å². The van der Waals surface area contributed by atoms with Gasteiger partial charge in [-0.2, -0.15) is 0 Å². The van der Waals surface area contributed by atoms with Gasteiger partial charge in [-0.15, -0.1) is 5.69 Å². The summed E-state index contributed by atoms with van der Waals surface area (Å²) in [5, 5.41) is 0. The topological polar surface area (TPSA) is 23.8 Å². The van der Waals surface area contributed by atoms with Crippen LogP contribution in [0.25, 0.3) is 5.73 Å². The van der Waals surface area contributed by atoms with E-state index in [0.29, 0.717) is 5.69 Å². The quantitative estimate of drug-likeness (QED) is 0.485. The summed E-state index contributed by atoms with van der Waals surface area (Å²) in [6, 6.07) is 7.47. The number of hydrogen-bond donors (Lipinski definition) is 0. The van der Waals surface area contributed by atoms with Crippen molar-refractivity contribution >= 4 is 5.69 Å². The molecule has 1 nitrogen and oxygen atoms in total. The zero-order valence-electron chi connectivity index (χ0n) is 4.81. The Morgan fingerprint density at radius 1 is 1.38 bits per heavy atom. The van der Waals surface area contributed by atoms with Crippen molar-refractivity contribution in [2.24, 2.45) is 0 Å². The van der Waals surface area contributed by atoms with Crippen molar-refractivity contribution in [2.45, 2.75) is 6.92 Å². The van der Waals surface area contributed by atoms with Crippen LogP contribution in [0.1, 0.15) is 5.56 Å². The van der Waals surface area contributed by atoms with Crippen LogP contribution in [-0.4, -0.2) is 0 Å². The zero-order chi connectivity index (χ0) is 5.98. The highest BCUT2D eigenvalue weighted by molar-refractivity contribution is 5.44. The van der Waals surface area contributed by atoms with Crippen LogP contribution in [0.4, 0.5) is 5.69 Å². The molecule has 0 saturated heterocycles. The van der Waals surface area contributed by atoms with Crippen molar-refractivity contribution in [2.75, 3.05) is 0 Å². The fourth-order valence-corrected chi connectivity index (χ4v) is 0.645. The summed E-state index contributed by atoms with van der Waals surface area (Å²) in [6.07, 6.45) is 0. The highest BCUT2D eigenvalue weighted by atomic mass is 14.5. The summed E-state index contributed by atoms with van der Waals surface area (Å²) in [4.78, 5) is 0. The molecule has 0 amide bonds. The molecule has 0 atom stereocenters. The SMILES string of the molecule is Cc1cccc([NH-])c1. The maximum atomic E-state index is 7.14. The van der Waals surface area contributed by atoms with Gasteiger partial charge >= 0.3 is 0 Å². The van der Waals surface area contributed by atoms with Gasteiger partial charge in [0.25, 0.3) is 0 Å². The summed E-state index contributed by atoms with van der Waals surface area (Å²) in [6.45, 7) is 1.98. The number of nitrogens with one attached hydrogen (secondary N) is 1. The van der Waals surface area contributed by atoms with Gasteiger partial charge in [-0.05, 0) is 6.92 Å². The molecule has 1 aromatic rings. The molecule has 0 saturated carbocycles.